The third-order valence-corrected chi connectivity index (χ3v) is 2.09. The maximum absolute atomic E-state index is 8.50. The van der Waals surface area contributed by atoms with Crippen molar-refractivity contribution in [1.82, 2.24) is 9.97 Å². The Morgan fingerprint density at radius 2 is 2.36 bits per heavy atom. The third-order valence-electron chi connectivity index (χ3n) is 1.88. The first-order valence-corrected chi connectivity index (χ1v) is 4.39. The fourth-order valence-electron chi connectivity index (χ4n) is 1.32. The molecule has 0 aliphatic carbocycles. The Labute approximate surface area is 85.3 Å². The second kappa shape index (κ2) is 3.20. The summed E-state index contributed by atoms with van der Waals surface area (Å²) in [6.45, 7) is 0. The topological polar surface area (TPSA) is 78.5 Å². The van der Waals surface area contributed by atoms with E-state index >= 15 is 0 Å². The molecule has 1 aromatic heterocycles. The standard InChI is InChI=1S/C9H7ClN4/c10-5-3-6(12)9-7(4-5)13-8(14-9)1-2-11/h3-4H,1,12H2,(H,13,14). The number of nitrogens with one attached hydrogen (secondary N) is 1. The normalized spacial score (nSPS) is 10.3. The molecule has 1 aromatic carbocycles. The molecule has 70 valence electrons. The van der Waals surface area contributed by atoms with E-state index in [2.05, 4.69) is 9.97 Å². The van der Waals surface area contributed by atoms with Gasteiger partial charge in [0.05, 0.1) is 23.7 Å². The lowest BCUT2D eigenvalue weighted by Crippen LogP contribution is -1.86. The molecule has 0 saturated carbocycles. The van der Waals surface area contributed by atoms with Crippen molar-refractivity contribution in [1.29, 1.82) is 5.26 Å². The van der Waals surface area contributed by atoms with E-state index in [0.29, 0.717) is 22.1 Å². The molecule has 0 unspecified atom stereocenters. The van der Waals surface area contributed by atoms with Crippen LogP contribution in [0.4, 0.5) is 5.69 Å². The molecule has 4 nitrogen and oxygen atoms in total. The van der Waals surface area contributed by atoms with Gasteiger partial charge in [-0.2, -0.15) is 5.26 Å². The van der Waals surface area contributed by atoms with E-state index in [9.17, 15) is 0 Å². The summed E-state index contributed by atoms with van der Waals surface area (Å²) in [6, 6.07) is 5.39. The van der Waals surface area contributed by atoms with Crippen molar-refractivity contribution in [2.45, 2.75) is 6.42 Å². The summed E-state index contributed by atoms with van der Waals surface area (Å²) in [7, 11) is 0. The number of rotatable bonds is 1. The van der Waals surface area contributed by atoms with Crippen LogP contribution >= 0.6 is 11.6 Å². The Morgan fingerprint density at radius 1 is 1.57 bits per heavy atom. The molecule has 1 heterocycles. The van der Waals surface area contributed by atoms with Crippen LogP contribution in [0.25, 0.3) is 11.0 Å². The number of benzene rings is 1. The summed E-state index contributed by atoms with van der Waals surface area (Å²) < 4.78 is 0. The molecule has 0 aliphatic rings. The van der Waals surface area contributed by atoms with E-state index < -0.39 is 0 Å². The molecule has 0 fully saturated rings. The van der Waals surface area contributed by atoms with Gasteiger partial charge in [-0.1, -0.05) is 11.6 Å². The van der Waals surface area contributed by atoms with Crippen molar-refractivity contribution < 1.29 is 0 Å². The van der Waals surface area contributed by atoms with Gasteiger partial charge in [-0.05, 0) is 12.1 Å². The molecule has 2 rings (SSSR count). The number of H-pyrrole nitrogens is 1. The molecule has 0 atom stereocenters. The van der Waals surface area contributed by atoms with E-state index in [1.807, 2.05) is 6.07 Å². The number of nitrogen functional groups attached to an aromatic ring is 1. The van der Waals surface area contributed by atoms with Crippen LogP contribution in [0.2, 0.25) is 5.02 Å². The first-order chi connectivity index (χ1) is 6.70. The monoisotopic (exact) mass is 206 g/mol. The number of nitrogens with zero attached hydrogens (tertiary/aromatic N) is 2. The van der Waals surface area contributed by atoms with Gasteiger partial charge in [0.2, 0.25) is 0 Å². The van der Waals surface area contributed by atoms with Gasteiger partial charge in [0.1, 0.15) is 11.3 Å². The molecule has 0 saturated heterocycles. The first kappa shape index (κ1) is 8.85. The predicted octanol–water partition coefficient (Wildman–Crippen LogP) is 1.86. The summed E-state index contributed by atoms with van der Waals surface area (Å²) in [5.41, 5.74) is 7.67. The summed E-state index contributed by atoms with van der Waals surface area (Å²) >= 11 is 5.82. The second-order valence-corrected chi connectivity index (χ2v) is 3.35. The molecular weight excluding hydrogens is 200 g/mol. The number of aromatic nitrogens is 2. The number of fused-ring (bicyclic) bond motifs is 1. The van der Waals surface area contributed by atoms with Crippen LogP contribution in [-0.2, 0) is 6.42 Å². The van der Waals surface area contributed by atoms with E-state index in [1.165, 1.54) is 0 Å². The Bertz CT molecular complexity index is 523. The lowest BCUT2D eigenvalue weighted by Gasteiger charge is -1.94. The van der Waals surface area contributed by atoms with Crippen LogP contribution in [0.15, 0.2) is 12.1 Å². The summed E-state index contributed by atoms with van der Waals surface area (Å²) in [6.07, 6.45) is 0.242. The number of nitriles is 1. The van der Waals surface area contributed by atoms with E-state index in [0.717, 1.165) is 5.52 Å². The second-order valence-electron chi connectivity index (χ2n) is 2.91. The minimum Gasteiger partial charge on any atom is -0.397 e. The molecule has 5 heteroatoms. The maximum atomic E-state index is 8.50. The number of hydrogen-bond acceptors (Lipinski definition) is 3. The summed E-state index contributed by atoms with van der Waals surface area (Å²) in [5, 5.41) is 9.06. The van der Waals surface area contributed by atoms with Crippen molar-refractivity contribution in [3.8, 4) is 6.07 Å². The molecule has 0 aliphatic heterocycles. The van der Waals surface area contributed by atoms with Gasteiger partial charge in [-0.15, -0.1) is 0 Å². The molecule has 3 N–H and O–H groups in total. The van der Waals surface area contributed by atoms with E-state index in [-0.39, 0.29) is 6.42 Å². The molecule has 0 spiro atoms. The number of aromatic amines is 1. The predicted molar refractivity (Wildman–Crippen MR) is 54.8 cm³/mol. The first-order valence-electron chi connectivity index (χ1n) is 4.01. The van der Waals surface area contributed by atoms with Crippen molar-refractivity contribution in [2.75, 3.05) is 5.73 Å². The van der Waals surface area contributed by atoms with Crippen LogP contribution in [0.5, 0.6) is 0 Å². The molecule has 14 heavy (non-hydrogen) atoms. The van der Waals surface area contributed by atoms with Gasteiger partial charge in [0, 0.05) is 5.02 Å². The molecule has 2 aromatic rings. The number of imidazole rings is 1. The maximum Gasteiger partial charge on any atom is 0.121 e. The molecule has 0 amide bonds. The van der Waals surface area contributed by atoms with Crippen LogP contribution in [0, 0.1) is 11.3 Å². The van der Waals surface area contributed by atoms with Gasteiger partial charge in [-0.3, -0.25) is 0 Å². The Hall–Kier alpha value is -1.73. The SMILES string of the molecule is N#CCc1nc2c(N)cc(Cl)cc2[nH]1. The molecule has 0 radical (unpaired) electrons. The third kappa shape index (κ3) is 1.38. The fourth-order valence-corrected chi connectivity index (χ4v) is 1.54. The number of nitrogens with two attached hydrogens (primary N) is 1. The molecular formula is C9H7ClN4. The van der Waals surface area contributed by atoms with Crippen molar-refractivity contribution >= 4 is 28.3 Å². The Morgan fingerprint density at radius 3 is 3.07 bits per heavy atom. The highest BCUT2D eigenvalue weighted by Gasteiger charge is 2.06. The highest BCUT2D eigenvalue weighted by Crippen LogP contribution is 2.23. The zero-order valence-electron chi connectivity index (χ0n) is 7.21. The lowest BCUT2D eigenvalue weighted by atomic mass is 10.3. The van der Waals surface area contributed by atoms with Gasteiger partial charge < -0.3 is 10.7 Å². The largest absolute Gasteiger partial charge is 0.397 e. The van der Waals surface area contributed by atoms with Crippen molar-refractivity contribution in [3.63, 3.8) is 0 Å². The number of hydrogen-bond donors (Lipinski definition) is 2. The average Bonchev–Trinajstić information content (AvgIpc) is 2.48. The van der Waals surface area contributed by atoms with Crippen LogP contribution < -0.4 is 5.73 Å². The Balaban J connectivity index is 2.66. The smallest absolute Gasteiger partial charge is 0.121 e. The number of halogens is 1. The quantitative estimate of drug-likeness (QED) is 0.699. The highest BCUT2D eigenvalue weighted by atomic mass is 35.5. The van der Waals surface area contributed by atoms with Crippen LogP contribution in [0.3, 0.4) is 0 Å². The van der Waals surface area contributed by atoms with Crippen LogP contribution in [0.1, 0.15) is 5.82 Å². The highest BCUT2D eigenvalue weighted by molar-refractivity contribution is 6.31. The Kier molecular flexibility index (Phi) is 2.02. The summed E-state index contributed by atoms with van der Waals surface area (Å²) in [5.74, 6) is 0.608. The minimum absolute atomic E-state index is 0.242. The van der Waals surface area contributed by atoms with Crippen molar-refractivity contribution in [2.24, 2.45) is 0 Å². The molecule has 0 bridgehead atoms. The van der Waals surface area contributed by atoms with Crippen LogP contribution in [-0.4, -0.2) is 9.97 Å². The zero-order valence-corrected chi connectivity index (χ0v) is 7.97. The van der Waals surface area contributed by atoms with Gasteiger partial charge >= 0.3 is 0 Å². The van der Waals surface area contributed by atoms with Crippen molar-refractivity contribution in [3.05, 3.63) is 23.0 Å². The van der Waals surface area contributed by atoms with Gasteiger partial charge in [0.15, 0.2) is 0 Å². The zero-order chi connectivity index (χ0) is 10.1. The average molecular weight is 207 g/mol. The fraction of sp³-hybridized carbons (Fsp3) is 0.111. The van der Waals surface area contributed by atoms with E-state index in [1.54, 1.807) is 12.1 Å². The minimum atomic E-state index is 0.242. The lowest BCUT2D eigenvalue weighted by molar-refractivity contribution is 1.08. The van der Waals surface area contributed by atoms with Gasteiger partial charge in [0.25, 0.3) is 0 Å². The van der Waals surface area contributed by atoms with Gasteiger partial charge in [-0.25, -0.2) is 4.98 Å². The summed E-state index contributed by atoms with van der Waals surface area (Å²) in [4.78, 5) is 7.16. The van der Waals surface area contributed by atoms with E-state index in [4.69, 9.17) is 22.6 Å². The number of anilines is 1.